The second-order valence-electron chi connectivity index (χ2n) is 8.97. The summed E-state index contributed by atoms with van der Waals surface area (Å²) in [5.74, 6) is -1.76. The van der Waals surface area contributed by atoms with E-state index in [1.807, 2.05) is 30.5 Å². The fraction of sp³-hybridized carbons (Fsp3) is 0.360. The predicted octanol–water partition coefficient (Wildman–Crippen LogP) is 2.35. The van der Waals surface area contributed by atoms with Crippen molar-refractivity contribution in [2.24, 2.45) is 11.8 Å². The van der Waals surface area contributed by atoms with Crippen molar-refractivity contribution in [3.8, 4) is 0 Å². The fourth-order valence-corrected chi connectivity index (χ4v) is 6.19. The van der Waals surface area contributed by atoms with Crippen LogP contribution in [0.25, 0.3) is 0 Å². The standard InChI is InChI=1S/C25H26N4O4S/c1-14(30)26-15-8-10-16(11-9-15)29-22(31)20-18(12-13-34-3)27-25(21(20)23(29)32)17-6-4-5-7-19(17)28(2)24(25)33/h4-11,18,20-21,27H,12-13H2,1-3H3,(H,26,30)/t18-,20+,21+,25-/m0/s1. The zero-order valence-electron chi connectivity index (χ0n) is 19.2. The van der Waals surface area contributed by atoms with E-state index in [9.17, 15) is 19.2 Å². The lowest BCUT2D eigenvalue weighted by Gasteiger charge is -2.30. The first-order valence-corrected chi connectivity index (χ1v) is 12.6. The maximum Gasteiger partial charge on any atom is 0.252 e. The molecule has 0 aromatic heterocycles. The molecule has 9 heteroatoms. The molecule has 4 amide bonds. The molecule has 0 bridgehead atoms. The number of anilines is 3. The van der Waals surface area contributed by atoms with Crippen molar-refractivity contribution in [2.75, 3.05) is 34.2 Å². The van der Waals surface area contributed by atoms with Gasteiger partial charge in [-0.05, 0) is 48.8 Å². The molecule has 0 unspecified atom stereocenters. The number of imide groups is 1. The van der Waals surface area contributed by atoms with E-state index in [0.717, 1.165) is 17.0 Å². The average molecular weight is 479 g/mol. The number of likely N-dealkylation sites (N-methyl/N-ethyl adjacent to an activating group) is 1. The molecule has 34 heavy (non-hydrogen) atoms. The number of hydrogen-bond donors (Lipinski definition) is 2. The molecule has 2 aromatic carbocycles. The molecule has 176 valence electrons. The maximum atomic E-state index is 13.9. The largest absolute Gasteiger partial charge is 0.326 e. The van der Waals surface area contributed by atoms with Crippen molar-refractivity contribution in [1.82, 2.24) is 5.32 Å². The Labute approximate surface area is 202 Å². The monoisotopic (exact) mass is 478 g/mol. The second kappa shape index (κ2) is 8.25. The van der Waals surface area contributed by atoms with Crippen molar-refractivity contribution in [2.45, 2.75) is 24.9 Å². The van der Waals surface area contributed by atoms with E-state index >= 15 is 0 Å². The van der Waals surface area contributed by atoms with Crippen molar-refractivity contribution in [3.63, 3.8) is 0 Å². The van der Waals surface area contributed by atoms with Crippen molar-refractivity contribution in [1.29, 1.82) is 0 Å². The molecule has 0 aliphatic carbocycles. The second-order valence-corrected chi connectivity index (χ2v) is 9.95. The molecule has 0 saturated carbocycles. The van der Waals surface area contributed by atoms with E-state index < -0.39 is 17.4 Å². The smallest absolute Gasteiger partial charge is 0.252 e. The van der Waals surface area contributed by atoms with Crippen LogP contribution in [0.3, 0.4) is 0 Å². The summed E-state index contributed by atoms with van der Waals surface area (Å²) in [4.78, 5) is 55.5. The minimum Gasteiger partial charge on any atom is -0.326 e. The molecule has 1 spiro atoms. The van der Waals surface area contributed by atoms with Crippen LogP contribution in [0.15, 0.2) is 48.5 Å². The SMILES string of the molecule is CSCC[C@@H]1N[C@]2(C(=O)N(C)c3ccccc32)[C@H]2C(=O)N(c3ccc(NC(C)=O)cc3)C(=O)[C@H]12. The van der Waals surface area contributed by atoms with E-state index in [4.69, 9.17) is 0 Å². The Morgan fingerprint density at radius 1 is 1.09 bits per heavy atom. The number of carbonyl (C=O) groups is 4. The molecule has 3 aliphatic rings. The molecular weight excluding hydrogens is 452 g/mol. The molecule has 3 aliphatic heterocycles. The summed E-state index contributed by atoms with van der Waals surface area (Å²) in [5, 5.41) is 6.17. The summed E-state index contributed by atoms with van der Waals surface area (Å²) in [7, 11) is 1.71. The van der Waals surface area contributed by atoms with Gasteiger partial charge in [0.15, 0.2) is 0 Å². The van der Waals surface area contributed by atoms with Crippen LogP contribution < -0.4 is 20.4 Å². The predicted molar refractivity (Wildman–Crippen MR) is 132 cm³/mol. The van der Waals surface area contributed by atoms with Gasteiger partial charge in [-0.25, -0.2) is 4.90 Å². The molecule has 4 atom stereocenters. The van der Waals surface area contributed by atoms with Gasteiger partial charge in [-0.1, -0.05) is 18.2 Å². The van der Waals surface area contributed by atoms with Gasteiger partial charge in [0.25, 0.3) is 5.91 Å². The van der Waals surface area contributed by atoms with Gasteiger partial charge in [-0.3, -0.25) is 24.5 Å². The van der Waals surface area contributed by atoms with E-state index in [2.05, 4.69) is 10.6 Å². The van der Waals surface area contributed by atoms with Crippen LogP contribution >= 0.6 is 11.8 Å². The van der Waals surface area contributed by atoms with Gasteiger partial charge < -0.3 is 10.2 Å². The van der Waals surface area contributed by atoms with Gasteiger partial charge in [-0.2, -0.15) is 11.8 Å². The molecular formula is C25H26N4O4S. The van der Waals surface area contributed by atoms with Crippen LogP contribution in [0.4, 0.5) is 17.1 Å². The van der Waals surface area contributed by atoms with Crippen LogP contribution in [-0.4, -0.2) is 48.7 Å². The molecule has 2 aromatic rings. The Morgan fingerprint density at radius 2 is 1.79 bits per heavy atom. The summed E-state index contributed by atoms with van der Waals surface area (Å²) < 4.78 is 0. The summed E-state index contributed by atoms with van der Waals surface area (Å²) in [5.41, 5.74) is 1.24. The van der Waals surface area contributed by atoms with Gasteiger partial charge in [0.1, 0.15) is 5.54 Å². The van der Waals surface area contributed by atoms with Gasteiger partial charge in [0.05, 0.1) is 17.5 Å². The number of amides is 4. The number of nitrogens with one attached hydrogen (secondary N) is 2. The number of hydrogen-bond acceptors (Lipinski definition) is 6. The third kappa shape index (κ3) is 3.10. The molecule has 5 rings (SSSR count). The van der Waals surface area contributed by atoms with E-state index in [0.29, 0.717) is 17.8 Å². The molecule has 2 fully saturated rings. The normalized spacial score (nSPS) is 27.5. The van der Waals surface area contributed by atoms with Crippen LogP contribution in [0, 0.1) is 11.8 Å². The molecule has 3 heterocycles. The fourth-order valence-electron chi connectivity index (χ4n) is 5.70. The number of nitrogens with zero attached hydrogens (tertiary/aromatic N) is 2. The van der Waals surface area contributed by atoms with Gasteiger partial charge >= 0.3 is 0 Å². The Hall–Kier alpha value is -3.17. The summed E-state index contributed by atoms with van der Waals surface area (Å²) >= 11 is 1.67. The Kier molecular flexibility index (Phi) is 5.49. The molecule has 8 nitrogen and oxygen atoms in total. The van der Waals surface area contributed by atoms with Crippen molar-refractivity contribution >= 4 is 52.5 Å². The number of rotatable bonds is 5. The number of para-hydroxylation sites is 1. The van der Waals surface area contributed by atoms with Gasteiger partial charge in [-0.15, -0.1) is 0 Å². The lowest BCUT2D eigenvalue weighted by atomic mass is 9.76. The van der Waals surface area contributed by atoms with Crippen molar-refractivity contribution < 1.29 is 19.2 Å². The lowest BCUT2D eigenvalue weighted by molar-refractivity contribution is -0.131. The lowest BCUT2D eigenvalue weighted by Crippen LogP contribution is -2.54. The van der Waals surface area contributed by atoms with E-state index in [1.54, 1.807) is 48.0 Å². The highest BCUT2D eigenvalue weighted by Gasteiger charge is 2.71. The maximum absolute atomic E-state index is 13.9. The Bertz CT molecular complexity index is 1200. The zero-order chi connectivity index (χ0) is 24.2. The topological polar surface area (TPSA) is 98.8 Å². The van der Waals surface area contributed by atoms with Gasteiger partial charge in [0, 0.05) is 37.0 Å². The molecule has 2 saturated heterocycles. The quantitative estimate of drug-likeness (QED) is 0.640. The average Bonchev–Trinajstić information content (AvgIpc) is 3.38. The van der Waals surface area contributed by atoms with E-state index in [1.165, 1.54) is 11.8 Å². The summed E-state index contributed by atoms with van der Waals surface area (Å²) in [6, 6.07) is 13.8. The highest BCUT2D eigenvalue weighted by atomic mass is 32.2. The summed E-state index contributed by atoms with van der Waals surface area (Å²) in [6.07, 6.45) is 2.66. The van der Waals surface area contributed by atoms with Gasteiger partial charge in [0.2, 0.25) is 17.7 Å². The third-order valence-corrected chi connectivity index (χ3v) is 7.72. The summed E-state index contributed by atoms with van der Waals surface area (Å²) in [6.45, 7) is 1.41. The molecule has 0 radical (unpaired) electrons. The minimum absolute atomic E-state index is 0.206. The third-order valence-electron chi connectivity index (χ3n) is 7.08. The van der Waals surface area contributed by atoms with E-state index in [-0.39, 0.29) is 29.7 Å². The first-order chi connectivity index (χ1) is 16.3. The number of thioether (sulfide) groups is 1. The first kappa shape index (κ1) is 22.6. The van der Waals surface area contributed by atoms with Crippen LogP contribution in [0.5, 0.6) is 0 Å². The van der Waals surface area contributed by atoms with Crippen LogP contribution in [-0.2, 0) is 24.7 Å². The van der Waals surface area contributed by atoms with Crippen LogP contribution in [0.2, 0.25) is 0 Å². The minimum atomic E-state index is -1.27. The Morgan fingerprint density at radius 3 is 2.47 bits per heavy atom. The highest BCUT2D eigenvalue weighted by molar-refractivity contribution is 7.98. The first-order valence-electron chi connectivity index (χ1n) is 11.2. The molecule has 2 N–H and O–H groups in total. The zero-order valence-corrected chi connectivity index (χ0v) is 20.0. The van der Waals surface area contributed by atoms with Crippen molar-refractivity contribution in [3.05, 3.63) is 54.1 Å². The number of fused-ring (bicyclic) bond motifs is 4. The van der Waals surface area contributed by atoms with Crippen LogP contribution in [0.1, 0.15) is 18.9 Å². The number of benzene rings is 2. The number of carbonyl (C=O) groups excluding carboxylic acids is 4. The Balaban J connectivity index is 1.59. The highest BCUT2D eigenvalue weighted by Crippen LogP contribution is 2.55.